The van der Waals surface area contributed by atoms with Gasteiger partial charge in [-0.2, -0.15) is 0 Å². The highest BCUT2D eigenvalue weighted by atomic mass is 16.5. The summed E-state index contributed by atoms with van der Waals surface area (Å²) >= 11 is 0. The molecule has 1 N–H and O–H groups in total. The van der Waals surface area contributed by atoms with Crippen LogP contribution in [0, 0.1) is 11.3 Å². The van der Waals surface area contributed by atoms with Crippen LogP contribution in [0.1, 0.15) is 49.1 Å². The third-order valence-electron chi connectivity index (χ3n) is 6.01. The molecule has 2 heterocycles. The van der Waals surface area contributed by atoms with Crippen LogP contribution in [0.15, 0.2) is 48.8 Å². The van der Waals surface area contributed by atoms with Gasteiger partial charge in [0.05, 0.1) is 12.9 Å². The van der Waals surface area contributed by atoms with Crippen LogP contribution in [0.4, 0.5) is 0 Å². The fourth-order valence-electron chi connectivity index (χ4n) is 4.34. The highest BCUT2D eigenvalue weighted by Crippen LogP contribution is 2.43. The quantitative estimate of drug-likeness (QED) is 0.713. The smallest absolute Gasteiger partial charge is 0.148 e. The van der Waals surface area contributed by atoms with E-state index >= 15 is 0 Å². The minimum atomic E-state index is 0.210. The molecule has 4 rings (SSSR count). The average molecular weight is 364 g/mol. The maximum atomic E-state index is 5.66. The molecule has 1 aromatic carbocycles. The van der Waals surface area contributed by atoms with Crippen LogP contribution in [0.5, 0.6) is 0 Å². The number of benzene rings is 1. The Balaban J connectivity index is 1.28. The monoisotopic (exact) mass is 364 g/mol. The summed E-state index contributed by atoms with van der Waals surface area (Å²) in [4.78, 5) is 0. The molecule has 0 bridgehead atoms. The van der Waals surface area contributed by atoms with Gasteiger partial charge in [-0.15, -0.1) is 5.10 Å². The van der Waals surface area contributed by atoms with Gasteiger partial charge in [0.1, 0.15) is 5.82 Å². The zero-order valence-corrected chi connectivity index (χ0v) is 15.8. The van der Waals surface area contributed by atoms with Crippen LogP contribution < -0.4 is 0 Å². The second kappa shape index (κ2) is 8.51. The molecule has 142 valence electrons. The number of H-pyrrole nitrogens is 1. The molecule has 5 nitrogen and oxygen atoms in total. The lowest BCUT2D eigenvalue weighted by Crippen LogP contribution is -2.30. The van der Waals surface area contributed by atoms with E-state index in [4.69, 9.17) is 4.74 Å². The number of hydrogen-bond donors (Lipinski definition) is 1. The molecule has 0 saturated heterocycles. The molecule has 1 aliphatic heterocycles. The summed E-state index contributed by atoms with van der Waals surface area (Å²) < 4.78 is 5.66. The number of aromatic amines is 1. The molecule has 5 heteroatoms. The Labute approximate surface area is 160 Å². The summed E-state index contributed by atoms with van der Waals surface area (Å²) in [6, 6.07) is 9.00. The predicted molar refractivity (Wildman–Crippen MR) is 105 cm³/mol. The second-order valence-electron chi connectivity index (χ2n) is 7.83. The van der Waals surface area contributed by atoms with Gasteiger partial charge in [0, 0.05) is 11.8 Å². The molecule has 1 aliphatic carbocycles. The summed E-state index contributed by atoms with van der Waals surface area (Å²) in [5.74, 6) is 1.48. The molecule has 2 unspecified atom stereocenters. The van der Waals surface area contributed by atoms with Crippen molar-refractivity contribution in [3.63, 3.8) is 0 Å². The van der Waals surface area contributed by atoms with E-state index in [0.29, 0.717) is 5.92 Å². The van der Waals surface area contributed by atoms with E-state index in [1.807, 2.05) is 6.26 Å². The van der Waals surface area contributed by atoms with E-state index in [9.17, 15) is 0 Å². The lowest BCUT2D eigenvalue weighted by molar-refractivity contribution is 0.129. The minimum Gasteiger partial charge on any atom is -0.501 e. The van der Waals surface area contributed by atoms with Gasteiger partial charge in [-0.25, -0.2) is 5.10 Å². The first-order valence-corrected chi connectivity index (χ1v) is 10.1. The molecule has 1 aromatic heterocycles. The Kier molecular flexibility index (Phi) is 5.66. The maximum Gasteiger partial charge on any atom is 0.148 e. The zero-order valence-electron chi connectivity index (χ0n) is 15.8. The number of rotatable bonds is 8. The van der Waals surface area contributed by atoms with Gasteiger partial charge in [0.25, 0.3) is 0 Å². The van der Waals surface area contributed by atoms with E-state index in [1.54, 1.807) is 0 Å². The van der Waals surface area contributed by atoms with Crippen LogP contribution in [-0.4, -0.2) is 27.2 Å². The average Bonchev–Trinajstić information content (AvgIpc) is 3.41. The number of aryl methyl sites for hydroxylation is 3. The van der Waals surface area contributed by atoms with Crippen molar-refractivity contribution in [2.45, 2.75) is 51.4 Å². The summed E-state index contributed by atoms with van der Waals surface area (Å²) in [6.45, 7) is 0.845. The second-order valence-corrected chi connectivity index (χ2v) is 7.83. The molecule has 2 atom stereocenters. The number of nitrogens with one attached hydrogen (secondary N) is 1. The van der Waals surface area contributed by atoms with Gasteiger partial charge in [0.2, 0.25) is 0 Å². The fourth-order valence-corrected chi connectivity index (χ4v) is 4.34. The number of ether oxygens (including phenoxy) is 1. The molecule has 2 aliphatic rings. The number of aromatic nitrogens is 4. The summed E-state index contributed by atoms with van der Waals surface area (Å²) in [5, 5.41) is 14.0. The van der Waals surface area contributed by atoms with Crippen molar-refractivity contribution in [3.05, 3.63) is 65.7 Å². The van der Waals surface area contributed by atoms with Gasteiger partial charge in [-0.3, -0.25) is 0 Å². The molecule has 0 spiro atoms. The first-order valence-electron chi connectivity index (χ1n) is 10.1. The Bertz CT molecular complexity index is 766. The Morgan fingerprint density at radius 2 is 1.96 bits per heavy atom. The molecule has 2 aromatic rings. The van der Waals surface area contributed by atoms with E-state index < -0.39 is 0 Å². The molecule has 0 saturated carbocycles. The SMILES string of the molecule is C1=CC(C2(CCCc3ccc(CCc4nnn[nH]4)cc3)C=COC2)CCC1. The molecular formula is C22H28N4O. The van der Waals surface area contributed by atoms with Gasteiger partial charge in [-0.1, -0.05) is 36.4 Å². The summed E-state index contributed by atoms with van der Waals surface area (Å²) in [6.07, 6.45) is 18.2. The topological polar surface area (TPSA) is 63.7 Å². The molecule has 0 amide bonds. The number of nitrogens with zero attached hydrogens (tertiary/aromatic N) is 3. The standard InChI is InChI=1S/C22H28N4O/c1-2-6-20(7-3-1)22(15-16-27-17-22)14-4-5-18-8-10-19(11-9-18)12-13-21-23-25-26-24-21/h2,6,8-11,15-16,20H,1,3-5,7,12-14,17H2,(H,23,24,25,26). The van der Waals surface area contributed by atoms with Crippen LogP contribution in [0.25, 0.3) is 0 Å². The van der Waals surface area contributed by atoms with Gasteiger partial charge in [0.15, 0.2) is 0 Å². The van der Waals surface area contributed by atoms with Crippen molar-refractivity contribution in [2.75, 3.05) is 6.61 Å². The van der Waals surface area contributed by atoms with E-state index in [1.165, 1.54) is 43.2 Å². The first-order chi connectivity index (χ1) is 13.3. The lowest BCUT2D eigenvalue weighted by atomic mass is 9.69. The Morgan fingerprint density at radius 3 is 2.63 bits per heavy atom. The number of hydrogen-bond acceptors (Lipinski definition) is 4. The molecule has 27 heavy (non-hydrogen) atoms. The molecule has 0 fully saturated rings. The van der Waals surface area contributed by atoms with Gasteiger partial charge < -0.3 is 4.74 Å². The number of tetrazole rings is 1. The Hall–Kier alpha value is -2.43. The fraction of sp³-hybridized carbons (Fsp3) is 0.500. The highest BCUT2D eigenvalue weighted by molar-refractivity contribution is 5.23. The van der Waals surface area contributed by atoms with Crippen LogP contribution in [0.3, 0.4) is 0 Å². The third-order valence-corrected chi connectivity index (χ3v) is 6.01. The van der Waals surface area contributed by atoms with Crippen LogP contribution in [0.2, 0.25) is 0 Å². The van der Waals surface area contributed by atoms with E-state index in [2.05, 4.69) is 63.1 Å². The van der Waals surface area contributed by atoms with Gasteiger partial charge in [-0.05, 0) is 78.5 Å². The van der Waals surface area contributed by atoms with Crippen molar-refractivity contribution >= 4 is 0 Å². The van der Waals surface area contributed by atoms with Crippen molar-refractivity contribution < 1.29 is 4.74 Å². The van der Waals surface area contributed by atoms with E-state index in [0.717, 1.165) is 31.7 Å². The maximum absolute atomic E-state index is 5.66. The molecular weight excluding hydrogens is 336 g/mol. The lowest BCUT2D eigenvalue weighted by Gasteiger charge is -2.35. The van der Waals surface area contributed by atoms with Crippen molar-refractivity contribution in [1.82, 2.24) is 20.6 Å². The van der Waals surface area contributed by atoms with Crippen molar-refractivity contribution in [2.24, 2.45) is 11.3 Å². The molecule has 0 radical (unpaired) electrons. The van der Waals surface area contributed by atoms with Crippen LogP contribution >= 0.6 is 0 Å². The largest absolute Gasteiger partial charge is 0.501 e. The van der Waals surface area contributed by atoms with Gasteiger partial charge >= 0.3 is 0 Å². The highest BCUT2D eigenvalue weighted by Gasteiger charge is 2.38. The summed E-state index contributed by atoms with van der Waals surface area (Å²) in [5.41, 5.74) is 2.95. The third kappa shape index (κ3) is 4.46. The van der Waals surface area contributed by atoms with Crippen LogP contribution in [-0.2, 0) is 24.0 Å². The zero-order chi connectivity index (χ0) is 18.4. The van der Waals surface area contributed by atoms with Crippen molar-refractivity contribution in [3.8, 4) is 0 Å². The Morgan fingerprint density at radius 1 is 1.11 bits per heavy atom. The minimum absolute atomic E-state index is 0.210. The van der Waals surface area contributed by atoms with E-state index in [-0.39, 0.29) is 5.41 Å². The number of allylic oxidation sites excluding steroid dienone is 2. The summed E-state index contributed by atoms with van der Waals surface area (Å²) in [7, 11) is 0. The predicted octanol–water partition coefficient (Wildman–Crippen LogP) is 4.19. The van der Waals surface area contributed by atoms with Crippen molar-refractivity contribution in [1.29, 1.82) is 0 Å². The first kappa shape index (κ1) is 18.0. The normalized spacial score (nSPS) is 24.2.